The van der Waals surface area contributed by atoms with Crippen LogP contribution in [-0.4, -0.2) is 29.5 Å². The summed E-state index contributed by atoms with van der Waals surface area (Å²) in [5.41, 5.74) is 6.04. The Morgan fingerprint density at radius 3 is 2.06 bits per heavy atom. The molecule has 5 heteroatoms. The predicted octanol–water partition coefficient (Wildman–Crippen LogP) is 6.88. The largest absolute Gasteiger partial charge is 0.256 e. The molecule has 6 aromatic rings. The Kier molecular flexibility index (Phi) is 5.48. The second-order valence-corrected chi connectivity index (χ2v) is 9.95. The molecule has 4 nitrogen and oxygen atoms in total. The number of ether oxygens (including phenoxy) is 1. The van der Waals surface area contributed by atoms with Gasteiger partial charge >= 0.3 is 174 Å². The van der Waals surface area contributed by atoms with Gasteiger partial charge in [0.2, 0.25) is 0 Å². The molecule has 0 saturated heterocycles. The Morgan fingerprint density at radius 1 is 0.559 bits per heavy atom. The molecule has 0 spiro atoms. The van der Waals surface area contributed by atoms with Crippen LogP contribution < -0.4 is 4.74 Å². The molecule has 0 N–H and O–H groups in total. The molecule has 3 heterocycles. The van der Waals surface area contributed by atoms with E-state index in [1.54, 1.807) is 6.20 Å². The minimum absolute atomic E-state index is 0.207. The van der Waals surface area contributed by atoms with Gasteiger partial charge in [-0.2, -0.15) is 0 Å². The molecule has 0 radical (unpaired) electrons. The van der Waals surface area contributed by atoms with E-state index in [0.29, 0.717) is 0 Å². The van der Waals surface area contributed by atoms with Gasteiger partial charge in [-0.05, 0) is 12.1 Å². The number of aromatic nitrogens is 3. The topological polar surface area (TPSA) is 47.9 Å². The van der Waals surface area contributed by atoms with Gasteiger partial charge in [0.1, 0.15) is 0 Å². The van der Waals surface area contributed by atoms with E-state index in [4.69, 9.17) is 9.72 Å². The molecule has 0 aliphatic carbocycles. The Bertz CT molecular complexity index is 1560. The second kappa shape index (κ2) is 9.06. The summed E-state index contributed by atoms with van der Waals surface area (Å²) in [6, 6.07) is 34.4. The van der Waals surface area contributed by atoms with Gasteiger partial charge in [-0.3, -0.25) is 4.98 Å². The minimum atomic E-state index is 0.207. The number of rotatable bonds is 5. The van der Waals surface area contributed by atoms with Crippen molar-refractivity contribution in [2.24, 2.45) is 0 Å². The van der Waals surface area contributed by atoms with Gasteiger partial charge in [0, 0.05) is 6.20 Å². The third-order valence-electron chi connectivity index (χ3n) is 5.46. The van der Waals surface area contributed by atoms with Crippen LogP contribution in [0.2, 0.25) is 0 Å². The van der Waals surface area contributed by atoms with Crippen molar-refractivity contribution in [1.29, 1.82) is 0 Å². The van der Waals surface area contributed by atoms with Crippen LogP contribution in [0, 0.1) is 0 Å². The number of hydrogen-bond acceptors (Lipinski definition) is 4. The zero-order valence-electron chi connectivity index (χ0n) is 18.1. The fourth-order valence-corrected chi connectivity index (χ4v) is 5.84. The van der Waals surface area contributed by atoms with Crippen LogP contribution in [0.3, 0.4) is 0 Å². The summed E-state index contributed by atoms with van der Waals surface area (Å²) in [5.74, 6) is 1.53. The van der Waals surface area contributed by atoms with Crippen molar-refractivity contribution >= 4 is 24.3 Å². The molecule has 3 aromatic carbocycles. The minimum Gasteiger partial charge on any atom is -0.256 e. The molecular formula is C29H19N3OSe. The van der Waals surface area contributed by atoms with E-state index in [0.717, 1.165) is 49.7 Å². The molecule has 0 saturated carbocycles. The van der Waals surface area contributed by atoms with Gasteiger partial charge in [0.05, 0.1) is 0 Å². The van der Waals surface area contributed by atoms with Crippen molar-refractivity contribution in [3.63, 3.8) is 0 Å². The molecule has 0 aliphatic rings. The first-order valence-electron chi connectivity index (χ1n) is 10.9. The first kappa shape index (κ1) is 20.5. The summed E-state index contributed by atoms with van der Waals surface area (Å²) in [6.45, 7) is 0. The molecule has 0 atom stereocenters. The van der Waals surface area contributed by atoms with Crippen molar-refractivity contribution in [1.82, 2.24) is 15.0 Å². The Hall–Kier alpha value is -4.05. The third-order valence-corrected chi connectivity index (χ3v) is 7.74. The van der Waals surface area contributed by atoms with Gasteiger partial charge < -0.3 is 0 Å². The maximum absolute atomic E-state index is 6.20. The molecule has 0 unspecified atom stereocenters. The first-order chi connectivity index (χ1) is 16.8. The quantitative estimate of drug-likeness (QED) is 0.240. The van der Waals surface area contributed by atoms with Crippen LogP contribution in [0.15, 0.2) is 116 Å². The number of fused-ring (bicyclic) bond motifs is 1. The third kappa shape index (κ3) is 4.27. The van der Waals surface area contributed by atoms with Crippen molar-refractivity contribution in [2.75, 3.05) is 0 Å². The Labute approximate surface area is 203 Å². The molecule has 34 heavy (non-hydrogen) atoms. The molecule has 6 rings (SSSR count). The fourth-order valence-electron chi connectivity index (χ4n) is 3.82. The van der Waals surface area contributed by atoms with Crippen LogP contribution in [0.4, 0.5) is 0 Å². The van der Waals surface area contributed by atoms with Gasteiger partial charge in [-0.25, -0.2) is 0 Å². The summed E-state index contributed by atoms with van der Waals surface area (Å²) in [5, 5.41) is 0. The molecule has 3 aromatic heterocycles. The molecule has 0 bridgehead atoms. The van der Waals surface area contributed by atoms with Gasteiger partial charge in [0.15, 0.2) is 0 Å². The number of benzene rings is 3. The first-order valence-corrected chi connectivity index (χ1v) is 12.6. The van der Waals surface area contributed by atoms with E-state index in [2.05, 4.69) is 40.3 Å². The van der Waals surface area contributed by atoms with Crippen molar-refractivity contribution in [2.45, 2.75) is 0 Å². The normalized spacial score (nSPS) is 10.9. The van der Waals surface area contributed by atoms with Crippen molar-refractivity contribution < 1.29 is 4.74 Å². The van der Waals surface area contributed by atoms with E-state index in [1.807, 2.05) is 79.0 Å². The zero-order chi connectivity index (χ0) is 22.7. The maximum atomic E-state index is 6.20. The molecule has 0 amide bonds. The summed E-state index contributed by atoms with van der Waals surface area (Å²) < 4.78 is 8.66. The van der Waals surface area contributed by atoms with E-state index < -0.39 is 0 Å². The number of pyridine rings is 2. The van der Waals surface area contributed by atoms with Crippen LogP contribution in [-0.2, 0) is 0 Å². The SMILES string of the molecule is c1ccc(-c2cccc(Oc3cccc(-c4cc(-c5nc6ccccc6[se]5)ccn4)c3)c2)nc1. The smallest absolute Gasteiger partial charge is 0.0275 e. The summed E-state index contributed by atoms with van der Waals surface area (Å²) >= 11 is 0.207. The van der Waals surface area contributed by atoms with E-state index in [1.165, 1.54) is 4.26 Å². The average Bonchev–Trinajstić information content (AvgIpc) is 3.34. The fraction of sp³-hybridized carbons (Fsp3) is 0. The number of hydrogen-bond donors (Lipinski definition) is 0. The zero-order valence-corrected chi connectivity index (χ0v) is 19.8. The molecule has 162 valence electrons. The van der Waals surface area contributed by atoms with Gasteiger partial charge in [-0.15, -0.1) is 0 Å². The summed E-state index contributed by atoms with van der Waals surface area (Å²) in [4.78, 5) is 13.9. The van der Waals surface area contributed by atoms with Crippen LogP contribution in [0.25, 0.3) is 42.4 Å². The van der Waals surface area contributed by atoms with Crippen molar-refractivity contribution in [3.8, 4) is 44.1 Å². The standard InChI is InChI=1S/C29H19N3OSe/c1-2-13-28-26(12-1)32-29(34-28)22-14-16-31-27(19-22)21-8-6-10-24(18-21)33-23-9-5-7-20(17-23)25-11-3-4-15-30-25/h1-19H. The van der Waals surface area contributed by atoms with E-state index in [-0.39, 0.29) is 14.5 Å². The predicted molar refractivity (Wildman–Crippen MR) is 137 cm³/mol. The van der Waals surface area contributed by atoms with E-state index in [9.17, 15) is 0 Å². The molecular weight excluding hydrogens is 485 g/mol. The molecule has 0 aliphatic heterocycles. The Morgan fingerprint density at radius 2 is 1.29 bits per heavy atom. The van der Waals surface area contributed by atoms with Crippen molar-refractivity contribution in [3.05, 3.63) is 116 Å². The van der Waals surface area contributed by atoms with Crippen LogP contribution in [0.1, 0.15) is 0 Å². The van der Waals surface area contributed by atoms with E-state index >= 15 is 0 Å². The number of para-hydroxylation sites is 1. The van der Waals surface area contributed by atoms with Crippen LogP contribution in [0.5, 0.6) is 11.5 Å². The number of nitrogens with zero attached hydrogens (tertiary/aromatic N) is 3. The van der Waals surface area contributed by atoms with Gasteiger partial charge in [-0.1, -0.05) is 6.07 Å². The van der Waals surface area contributed by atoms with Gasteiger partial charge in [0.25, 0.3) is 0 Å². The summed E-state index contributed by atoms with van der Waals surface area (Å²) in [7, 11) is 0. The maximum Gasteiger partial charge on any atom is 0.0275 e. The molecule has 0 fully saturated rings. The van der Waals surface area contributed by atoms with Crippen LogP contribution >= 0.6 is 0 Å². The Balaban J connectivity index is 1.29. The second-order valence-electron chi connectivity index (χ2n) is 7.79. The monoisotopic (exact) mass is 505 g/mol. The summed E-state index contributed by atoms with van der Waals surface area (Å²) in [6.07, 6.45) is 3.65. The average molecular weight is 504 g/mol.